The van der Waals surface area contributed by atoms with Gasteiger partial charge in [0.2, 0.25) is 0 Å². The minimum Gasteiger partial charge on any atom is -0.313 e. The smallest absolute Gasteiger partial charge is 0.00447 e. The van der Waals surface area contributed by atoms with Crippen molar-refractivity contribution in [2.24, 2.45) is 5.41 Å². The number of rotatable bonds is 6. The molecule has 0 atom stereocenters. The van der Waals surface area contributed by atoms with Crippen molar-refractivity contribution >= 4 is 6.21 Å². The lowest BCUT2D eigenvalue weighted by Gasteiger charge is -2.16. The highest BCUT2D eigenvalue weighted by Gasteiger charge is 2.07. The lowest BCUT2D eigenvalue weighted by molar-refractivity contribution is 0.367. The normalized spacial score (nSPS) is 12.2. The lowest BCUT2D eigenvalue weighted by atomic mass is 9.90. The van der Waals surface area contributed by atoms with E-state index in [1.54, 1.807) is 0 Å². The van der Waals surface area contributed by atoms with Gasteiger partial charge >= 0.3 is 0 Å². The van der Waals surface area contributed by atoms with Gasteiger partial charge in [-0.2, -0.15) is 0 Å². The molecule has 76 valence electrons. The fourth-order valence-corrected chi connectivity index (χ4v) is 1.17. The minimum absolute atomic E-state index is 0.475. The number of hydrogen-bond donors (Lipinski definition) is 1. The maximum Gasteiger partial charge on any atom is -0.00447 e. The summed E-state index contributed by atoms with van der Waals surface area (Å²) in [7, 11) is 0. The molecule has 0 aliphatic rings. The molecule has 0 aromatic rings. The second kappa shape index (κ2) is 6.88. The summed E-state index contributed by atoms with van der Waals surface area (Å²) >= 11 is 0. The van der Waals surface area contributed by atoms with Crippen molar-refractivity contribution in [2.45, 2.75) is 52.9 Å². The van der Waals surface area contributed by atoms with Crippen molar-refractivity contribution in [1.29, 1.82) is 5.41 Å². The maximum absolute atomic E-state index is 6.84. The topological polar surface area (TPSA) is 23.9 Å². The molecule has 0 rings (SSSR count). The molecular formula is C12H23N. The summed E-state index contributed by atoms with van der Waals surface area (Å²) in [5, 5.41) is 6.84. The molecule has 1 N–H and O–H groups in total. The third-order valence-corrected chi connectivity index (χ3v) is 1.94. The zero-order chi connectivity index (χ0) is 10.2. The molecule has 0 radical (unpaired) electrons. The van der Waals surface area contributed by atoms with Crippen molar-refractivity contribution in [3.05, 3.63) is 12.2 Å². The minimum atomic E-state index is 0.475. The fourth-order valence-electron chi connectivity index (χ4n) is 1.17. The molecule has 0 amide bonds. The van der Waals surface area contributed by atoms with Crippen LogP contribution in [0.5, 0.6) is 0 Å². The quantitative estimate of drug-likeness (QED) is 0.361. The van der Waals surface area contributed by atoms with Gasteiger partial charge in [0.05, 0.1) is 0 Å². The summed E-state index contributed by atoms with van der Waals surface area (Å²) in [5.74, 6) is 0. The summed E-state index contributed by atoms with van der Waals surface area (Å²) < 4.78 is 0. The summed E-state index contributed by atoms with van der Waals surface area (Å²) in [4.78, 5) is 0. The molecule has 0 heterocycles. The van der Waals surface area contributed by atoms with Gasteiger partial charge in [0.1, 0.15) is 0 Å². The summed E-state index contributed by atoms with van der Waals surface area (Å²) in [5.41, 5.74) is 0.475. The highest BCUT2D eigenvalue weighted by Crippen LogP contribution is 2.21. The van der Waals surface area contributed by atoms with Crippen molar-refractivity contribution in [3.63, 3.8) is 0 Å². The van der Waals surface area contributed by atoms with E-state index in [1.807, 2.05) is 0 Å². The molecule has 1 heteroatoms. The van der Waals surface area contributed by atoms with Crippen molar-refractivity contribution in [1.82, 2.24) is 0 Å². The number of allylic oxidation sites excluding steroid dienone is 2. The van der Waals surface area contributed by atoms with Crippen LogP contribution < -0.4 is 0 Å². The third kappa shape index (κ3) is 11.4. The molecule has 13 heavy (non-hydrogen) atoms. The second-order valence-electron chi connectivity index (χ2n) is 4.71. The number of nitrogens with one attached hydrogen (secondary N) is 1. The number of unbranched alkanes of at least 4 members (excludes halogenated alkanes) is 2. The molecule has 1 nitrogen and oxygen atoms in total. The first-order valence-electron chi connectivity index (χ1n) is 5.20. The van der Waals surface area contributed by atoms with Crippen LogP contribution in [0.4, 0.5) is 0 Å². The molecule has 0 aliphatic carbocycles. The zero-order valence-corrected chi connectivity index (χ0v) is 9.27. The van der Waals surface area contributed by atoms with Gasteiger partial charge in [0, 0.05) is 0 Å². The Kier molecular flexibility index (Phi) is 6.56. The third-order valence-electron chi connectivity index (χ3n) is 1.94. The Morgan fingerprint density at radius 2 is 1.62 bits per heavy atom. The van der Waals surface area contributed by atoms with Crippen molar-refractivity contribution in [2.75, 3.05) is 0 Å². The van der Waals surface area contributed by atoms with Crippen LogP contribution in [0.3, 0.4) is 0 Å². The van der Waals surface area contributed by atoms with Gasteiger partial charge in [-0.05, 0) is 43.7 Å². The Balaban J connectivity index is 3.25. The van der Waals surface area contributed by atoms with Crippen molar-refractivity contribution < 1.29 is 0 Å². The van der Waals surface area contributed by atoms with Crippen LogP contribution in [0.1, 0.15) is 52.9 Å². The van der Waals surface area contributed by atoms with Crippen LogP contribution in [-0.2, 0) is 0 Å². The molecule has 0 spiro atoms. The van der Waals surface area contributed by atoms with Crippen LogP contribution >= 0.6 is 0 Å². The van der Waals surface area contributed by atoms with E-state index < -0.39 is 0 Å². The Labute approximate surface area is 82.7 Å². The summed E-state index contributed by atoms with van der Waals surface area (Å²) in [6.45, 7) is 6.85. The predicted octanol–water partition coefficient (Wildman–Crippen LogP) is 4.19. The van der Waals surface area contributed by atoms with E-state index in [4.69, 9.17) is 5.41 Å². The van der Waals surface area contributed by atoms with Gasteiger partial charge in [0.15, 0.2) is 0 Å². The van der Waals surface area contributed by atoms with Gasteiger partial charge in [-0.15, -0.1) is 0 Å². The largest absolute Gasteiger partial charge is 0.313 e. The standard InChI is InChI=1S/C12H23N/c1-12(2,3)10-8-6-4-5-7-9-11-13/h4-5,11,13H,6-10H2,1-3H3/b5-4+,13-11?. The molecule has 0 aliphatic heterocycles. The molecule has 0 aromatic carbocycles. The van der Waals surface area contributed by atoms with E-state index in [0.29, 0.717) is 5.41 Å². The first-order chi connectivity index (χ1) is 6.06. The average molecular weight is 181 g/mol. The van der Waals surface area contributed by atoms with Crippen LogP contribution in [0, 0.1) is 10.8 Å². The highest BCUT2D eigenvalue weighted by molar-refractivity contribution is 5.52. The van der Waals surface area contributed by atoms with Crippen LogP contribution in [0.25, 0.3) is 0 Å². The molecule has 0 bridgehead atoms. The van der Waals surface area contributed by atoms with Crippen molar-refractivity contribution in [3.8, 4) is 0 Å². The second-order valence-corrected chi connectivity index (χ2v) is 4.71. The van der Waals surface area contributed by atoms with E-state index in [2.05, 4.69) is 32.9 Å². The maximum atomic E-state index is 6.84. The van der Waals surface area contributed by atoms with Gasteiger partial charge in [-0.25, -0.2) is 0 Å². The Morgan fingerprint density at radius 3 is 2.15 bits per heavy atom. The van der Waals surface area contributed by atoms with Crippen LogP contribution in [0.2, 0.25) is 0 Å². The molecule has 0 aromatic heterocycles. The highest BCUT2D eigenvalue weighted by atomic mass is 14.3. The molecular weight excluding hydrogens is 158 g/mol. The molecule has 0 fully saturated rings. The zero-order valence-electron chi connectivity index (χ0n) is 9.27. The first-order valence-corrected chi connectivity index (χ1v) is 5.20. The SMILES string of the molecule is CC(C)(C)CCC/C=C/CCC=N. The van der Waals surface area contributed by atoms with E-state index in [-0.39, 0.29) is 0 Å². The first kappa shape index (κ1) is 12.4. The molecule has 0 saturated carbocycles. The van der Waals surface area contributed by atoms with Crippen LogP contribution in [-0.4, -0.2) is 6.21 Å². The average Bonchev–Trinajstić information content (AvgIpc) is 2.01. The van der Waals surface area contributed by atoms with Gasteiger partial charge in [-0.1, -0.05) is 32.9 Å². The monoisotopic (exact) mass is 181 g/mol. The molecule has 0 saturated heterocycles. The Bertz CT molecular complexity index is 151. The lowest BCUT2D eigenvalue weighted by Crippen LogP contribution is -2.03. The Morgan fingerprint density at radius 1 is 1.00 bits per heavy atom. The van der Waals surface area contributed by atoms with E-state index in [1.165, 1.54) is 25.5 Å². The van der Waals surface area contributed by atoms with E-state index in [0.717, 1.165) is 12.8 Å². The van der Waals surface area contributed by atoms with Crippen LogP contribution in [0.15, 0.2) is 12.2 Å². The summed E-state index contributed by atoms with van der Waals surface area (Å²) in [6.07, 6.45) is 11.6. The number of hydrogen-bond acceptors (Lipinski definition) is 1. The predicted molar refractivity (Wildman–Crippen MR) is 60.5 cm³/mol. The summed E-state index contributed by atoms with van der Waals surface area (Å²) in [6, 6.07) is 0. The fraction of sp³-hybridized carbons (Fsp3) is 0.750. The van der Waals surface area contributed by atoms with E-state index >= 15 is 0 Å². The van der Waals surface area contributed by atoms with Gasteiger partial charge in [0.25, 0.3) is 0 Å². The van der Waals surface area contributed by atoms with Gasteiger partial charge < -0.3 is 5.41 Å². The van der Waals surface area contributed by atoms with E-state index in [9.17, 15) is 0 Å². The van der Waals surface area contributed by atoms with Gasteiger partial charge in [-0.3, -0.25) is 0 Å². The molecule has 0 unspecified atom stereocenters. The Hall–Kier alpha value is -0.590.